The fraction of sp³-hybridized carbons (Fsp3) is 1.00. The van der Waals surface area contributed by atoms with Crippen molar-refractivity contribution in [2.24, 2.45) is 0 Å². The molecular weight excluding hydrogens is 1000 g/mol. The monoisotopic (exact) mass is 1020 g/mol. The molecule has 0 aromatic heterocycles. The van der Waals surface area contributed by atoms with E-state index in [-0.39, 0.29) is 308 Å². The van der Waals surface area contributed by atoms with E-state index in [4.69, 9.17) is 14.2 Å². The van der Waals surface area contributed by atoms with Crippen molar-refractivity contribution < 1.29 is 425 Å². The quantitative estimate of drug-likeness (QED) is 0.0885. The number of rotatable bonds is 14. The Hall–Kier alpha value is 8.92. The summed E-state index contributed by atoms with van der Waals surface area (Å²) in [5, 5.41) is 0. The van der Waals surface area contributed by atoms with Gasteiger partial charge in [-0.1, -0.05) is 0 Å². The molecule has 0 N–H and O–H groups in total. The van der Waals surface area contributed by atoms with Crippen LogP contribution in [0.5, 0.6) is 0 Å². The van der Waals surface area contributed by atoms with Gasteiger partial charge in [0, 0.05) is 0 Å². The Morgan fingerprint density at radius 2 is 0.922 bits per heavy atom. The van der Waals surface area contributed by atoms with E-state index >= 15 is 0 Å². The minimum Gasteiger partial charge on any atom is -0.726 e. The molecule has 270 valence electrons. The third-order valence-electron chi connectivity index (χ3n) is 4.73. The van der Waals surface area contributed by atoms with Gasteiger partial charge in [0.15, 0.2) is 12.4 Å². The molecule has 27 nitrogen and oxygen atoms in total. The first-order chi connectivity index (χ1) is 19.9. The summed E-state index contributed by atoms with van der Waals surface area (Å²) in [6, 6.07) is 0. The second kappa shape index (κ2) is 30.9. The molecular formula is C12H18K6O27S6. The summed E-state index contributed by atoms with van der Waals surface area (Å²) in [6.45, 7) is -1.54. The zero-order chi connectivity index (χ0) is 35.4. The van der Waals surface area contributed by atoms with Crippen molar-refractivity contribution in [3.8, 4) is 0 Å². The molecule has 0 saturated carbocycles. The van der Waals surface area contributed by atoms with Gasteiger partial charge in [-0.3, -0.25) is 25.1 Å². The second-order valence-corrected chi connectivity index (χ2v) is 14.1. The van der Waals surface area contributed by atoms with Crippen molar-refractivity contribution in [2.75, 3.05) is 20.3 Å². The third kappa shape index (κ3) is 34.0. The molecule has 0 aromatic rings. The van der Waals surface area contributed by atoms with Gasteiger partial charge in [-0.15, -0.1) is 0 Å². The molecule has 0 aromatic carbocycles. The first-order valence-electron chi connectivity index (χ1n) is 10.5. The Kier molecular flexibility index (Phi) is 43.4. The molecule has 39 heteroatoms. The predicted molar refractivity (Wildman–Crippen MR) is 120 cm³/mol. The Morgan fingerprint density at radius 1 is 0.549 bits per heavy atom. The number of hydrogen-bond acceptors (Lipinski definition) is 27. The maximum atomic E-state index is 11.3. The average Bonchev–Trinajstić information content (AvgIpc) is 3.06. The summed E-state index contributed by atoms with van der Waals surface area (Å²) >= 11 is 0. The molecule has 0 amide bonds. The first-order valence-corrected chi connectivity index (χ1v) is 18.5. The van der Waals surface area contributed by atoms with Crippen molar-refractivity contribution in [3.05, 3.63) is 0 Å². The van der Waals surface area contributed by atoms with E-state index in [1.54, 1.807) is 0 Å². The summed E-state index contributed by atoms with van der Waals surface area (Å²) in [4.78, 5) is 0. The minimum atomic E-state index is -5.97. The van der Waals surface area contributed by atoms with Crippen molar-refractivity contribution >= 4 is 62.4 Å². The Balaban J connectivity index is -0.000000387. The van der Waals surface area contributed by atoms with Gasteiger partial charge in [0.25, 0.3) is 0 Å². The van der Waals surface area contributed by atoms with Gasteiger partial charge in [-0.2, -0.15) is 0 Å². The Labute approximate surface area is 548 Å². The zero-order valence-electron chi connectivity index (χ0n) is 27.5. The van der Waals surface area contributed by atoms with E-state index in [0.717, 1.165) is 14.0 Å². The van der Waals surface area contributed by atoms with Crippen LogP contribution in [0.2, 0.25) is 0 Å². The van der Waals surface area contributed by atoms with Crippen LogP contribution >= 0.6 is 0 Å². The molecule has 2 rings (SSSR count). The maximum absolute atomic E-state index is 11.3. The van der Waals surface area contributed by atoms with Crippen LogP contribution in [0.1, 0.15) is 6.92 Å². The molecule has 2 aliphatic heterocycles. The smallest absolute Gasteiger partial charge is 0.726 e. The SMILES string of the molecule is COS(=O)(=O)[O-].C[C@H]1O[C@H](COS(=O)(=O)[O-])[C@@H](O[C@H]2OC[C@@H](OS(=O)(=O)[O-])[C@@H](OS(=O)(=O)[O-])[C@@H]2OS(=O)(=O)[O-])[C@@H]1OS(=O)(=O)[O-].[K+].[K+].[K+].[K+].[K+].[K+]. The normalized spacial score (nSPS) is 26.8. The molecule has 51 heavy (non-hydrogen) atoms. The van der Waals surface area contributed by atoms with Crippen molar-refractivity contribution in [3.63, 3.8) is 0 Å². The van der Waals surface area contributed by atoms with Gasteiger partial charge in [0.1, 0.15) is 30.5 Å². The van der Waals surface area contributed by atoms with E-state index in [9.17, 15) is 77.8 Å². The van der Waals surface area contributed by atoms with E-state index in [0.29, 0.717) is 0 Å². The summed E-state index contributed by atoms with van der Waals surface area (Å²) in [7, 11) is -32.3. The molecule has 2 saturated heterocycles. The molecule has 0 bridgehead atoms. The van der Waals surface area contributed by atoms with Crippen LogP contribution in [-0.2, 0) is 102 Å². The predicted octanol–water partition coefficient (Wildman–Crippen LogP) is -24.5. The third-order valence-corrected chi connectivity index (χ3v) is 7.42. The molecule has 0 radical (unpaired) electrons. The van der Waals surface area contributed by atoms with Crippen molar-refractivity contribution in [2.45, 2.75) is 55.9 Å². The molecule has 0 unspecified atom stereocenters. The topological polar surface area (TPSA) is 426 Å². The van der Waals surface area contributed by atoms with Gasteiger partial charge in [-0.05, 0) is 6.92 Å². The molecule has 0 aliphatic carbocycles. The van der Waals surface area contributed by atoms with Crippen molar-refractivity contribution in [1.29, 1.82) is 0 Å². The van der Waals surface area contributed by atoms with E-state index in [1.807, 2.05) is 0 Å². The zero-order valence-corrected chi connectivity index (χ0v) is 51.1. The minimum absolute atomic E-state index is 0. The Bertz CT molecular complexity index is 1670. The van der Waals surface area contributed by atoms with E-state index < -0.39 is 125 Å². The van der Waals surface area contributed by atoms with E-state index in [1.165, 1.54) is 0 Å². The maximum Gasteiger partial charge on any atom is 1.00 e. The second-order valence-electron chi connectivity index (χ2n) is 7.90. The fourth-order valence-corrected chi connectivity index (χ4v) is 5.65. The number of hydrogen-bond donors (Lipinski definition) is 0. The fourth-order valence-electron chi connectivity index (χ4n) is 3.37. The standard InChI is InChI=1S/C11H20O23S5.CH4O4S.6K/c1-4-7(32-37(18,19)20)8(5(29-4)3-28-35(12,13)14)30-11-10(34-39(24,25)26)9(33-38(21,22)23)6(2-27-11)31-36(15,16)17;1-5-6(2,3)4;;;;;;/h4-11H,2-3H2,1H3,(H,12,13,14)(H,15,16,17)(H,18,19,20)(H,21,22,23)(H,24,25,26);1H3,(H,2,3,4);;;;;;/q;;6*+1/p-6/t4-,5-,6-,7-,8-,9-,10+,11-;;;;;;;/m1......./s1. The van der Waals surface area contributed by atoms with Crippen LogP contribution in [0.25, 0.3) is 0 Å². The number of ether oxygens (including phenoxy) is 3. The summed E-state index contributed by atoms with van der Waals surface area (Å²) in [5.41, 5.74) is 0. The van der Waals surface area contributed by atoms with Crippen LogP contribution in [0, 0.1) is 0 Å². The van der Waals surface area contributed by atoms with Crippen molar-refractivity contribution in [1.82, 2.24) is 0 Å². The van der Waals surface area contributed by atoms with Gasteiger partial charge in [0.05, 0.1) is 26.4 Å². The van der Waals surface area contributed by atoms with Crippen LogP contribution in [0.3, 0.4) is 0 Å². The summed E-state index contributed by atoms with van der Waals surface area (Å²) in [6.07, 6.45) is -18.2. The largest absolute Gasteiger partial charge is 1.00 e. The van der Waals surface area contributed by atoms with Gasteiger partial charge < -0.3 is 41.5 Å². The molecule has 2 heterocycles. The van der Waals surface area contributed by atoms with Crippen LogP contribution < -0.4 is 308 Å². The van der Waals surface area contributed by atoms with Gasteiger partial charge in [-0.25, -0.2) is 50.5 Å². The average molecular weight is 1020 g/mol. The van der Waals surface area contributed by atoms with Crippen LogP contribution in [0.15, 0.2) is 0 Å². The van der Waals surface area contributed by atoms with Gasteiger partial charge >= 0.3 is 308 Å². The Morgan fingerprint density at radius 3 is 1.27 bits per heavy atom. The molecule has 8 atom stereocenters. The molecule has 2 aliphatic rings. The van der Waals surface area contributed by atoms with Crippen LogP contribution in [0.4, 0.5) is 0 Å². The van der Waals surface area contributed by atoms with E-state index in [2.05, 4.69) is 25.1 Å². The summed E-state index contributed by atoms with van der Waals surface area (Å²) < 4.78 is 233. The summed E-state index contributed by atoms with van der Waals surface area (Å²) in [5.74, 6) is 0. The van der Waals surface area contributed by atoms with Crippen LogP contribution in [-0.4, -0.2) is 147 Å². The molecule has 0 spiro atoms. The molecule has 2 fully saturated rings. The van der Waals surface area contributed by atoms with Gasteiger partial charge in [0.2, 0.25) is 62.4 Å². The first kappa shape index (κ1) is 71.5.